The Morgan fingerprint density at radius 3 is 2.33 bits per heavy atom. The first-order chi connectivity index (χ1) is 8.10. The third-order valence-corrected chi connectivity index (χ3v) is 7.91. The maximum absolute atomic E-state index is 11.1. The van der Waals surface area contributed by atoms with E-state index in [4.69, 9.17) is 9.16 Å². The summed E-state index contributed by atoms with van der Waals surface area (Å²) >= 11 is 0. The average molecular weight is 272 g/mol. The summed E-state index contributed by atoms with van der Waals surface area (Å²) in [4.78, 5) is 11.1. The van der Waals surface area contributed by atoms with Crippen LogP contribution in [0.25, 0.3) is 0 Å². The molecule has 0 heterocycles. The minimum atomic E-state index is -1.71. The van der Waals surface area contributed by atoms with Crippen LogP contribution >= 0.6 is 0 Å². The maximum atomic E-state index is 11.1. The molecule has 0 saturated carbocycles. The van der Waals surface area contributed by atoms with Crippen molar-refractivity contribution in [3.8, 4) is 0 Å². The van der Waals surface area contributed by atoms with Crippen molar-refractivity contribution >= 4 is 14.3 Å². The van der Waals surface area contributed by atoms with E-state index in [1.54, 1.807) is 6.92 Å². The molecule has 4 heteroatoms. The van der Waals surface area contributed by atoms with E-state index in [1.165, 1.54) is 6.08 Å². The zero-order chi connectivity index (χ0) is 14.4. The minimum Gasteiger partial charge on any atom is -0.463 e. The van der Waals surface area contributed by atoms with E-state index in [0.717, 1.165) is 6.42 Å². The first kappa shape index (κ1) is 17.4. The van der Waals surface area contributed by atoms with Gasteiger partial charge < -0.3 is 9.16 Å². The van der Waals surface area contributed by atoms with Gasteiger partial charge in [0.1, 0.15) is 0 Å². The Kier molecular flexibility index (Phi) is 6.85. The van der Waals surface area contributed by atoms with E-state index in [-0.39, 0.29) is 17.1 Å². The maximum Gasteiger partial charge on any atom is 0.330 e. The molecule has 0 aromatic carbocycles. The second-order valence-electron chi connectivity index (χ2n) is 6.08. The highest BCUT2D eigenvalue weighted by Gasteiger charge is 2.38. The molecule has 0 amide bonds. The van der Waals surface area contributed by atoms with Crippen molar-refractivity contribution in [3.63, 3.8) is 0 Å². The van der Waals surface area contributed by atoms with Crippen molar-refractivity contribution in [2.24, 2.45) is 0 Å². The fourth-order valence-corrected chi connectivity index (χ4v) is 2.73. The summed E-state index contributed by atoms with van der Waals surface area (Å²) in [6.07, 6.45) is 4.19. The molecule has 0 spiro atoms. The van der Waals surface area contributed by atoms with Crippen molar-refractivity contribution in [3.05, 3.63) is 12.2 Å². The van der Waals surface area contributed by atoms with Gasteiger partial charge in [-0.15, -0.1) is 0 Å². The van der Waals surface area contributed by atoms with Gasteiger partial charge in [-0.25, -0.2) is 4.79 Å². The summed E-state index contributed by atoms with van der Waals surface area (Å²) in [5.74, 6) is -0.281. The van der Waals surface area contributed by atoms with E-state index in [9.17, 15) is 4.79 Å². The number of carbonyl (C=O) groups excluding carboxylic acids is 1. The number of carbonyl (C=O) groups is 1. The molecule has 1 atom stereocenters. The van der Waals surface area contributed by atoms with Crippen molar-refractivity contribution < 1.29 is 14.0 Å². The van der Waals surface area contributed by atoms with Crippen molar-refractivity contribution in [1.29, 1.82) is 0 Å². The first-order valence-electron chi connectivity index (χ1n) is 6.61. The van der Waals surface area contributed by atoms with E-state index in [0.29, 0.717) is 6.61 Å². The van der Waals surface area contributed by atoms with Crippen LogP contribution < -0.4 is 0 Å². The molecule has 18 heavy (non-hydrogen) atoms. The van der Waals surface area contributed by atoms with Crippen LogP contribution in [0.4, 0.5) is 0 Å². The molecule has 0 rings (SSSR count). The molecular weight excluding hydrogens is 244 g/mol. The summed E-state index contributed by atoms with van der Waals surface area (Å²) in [6, 6.07) is 0. The number of ether oxygens (including phenoxy) is 1. The summed E-state index contributed by atoms with van der Waals surface area (Å²) in [6.45, 7) is 15.4. The van der Waals surface area contributed by atoms with Crippen LogP contribution in [0.3, 0.4) is 0 Å². The summed E-state index contributed by atoms with van der Waals surface area (Å²) in [5, 5.41) is 0.214. The molecule has 0 aliphatic heterocycles. The lowest BCUT2D eigenvalue weighted by Crippen LogP contribution is -2.43. The summed E-state index contributed by atoms with van der Waals surface area (Å²) in [5.41, 5.74) is 0. The van der Waals surface area contributed by atoms with Gasteiger partial charge in [-0.2, -0.15) is 0 Å². The van der Waals surface area contributed by atoms with Crippen molar-refractivity contribution in [1.82, 2.24) is 0 Å². The molecule has 0 aliphatic rings. The second kappa shape index (κ2) is 7.09. The standard InChI is InChI=1S/C14H28O3Si/c1-8-16-13(15)11-9-10-12(2)17-18(6,7)14(3,4)5/h9,11-12H,8,10H2,1-7H3/t12-/m1/s1. The second-order valence-corrected chi connectivity index (χ2v) is 10.8. The molecule has 3 nitrogen and oxygen atoms in total. The molecule has 0 saturated heterocycles. The zero-order valence-electron chi connectivity index (χ0n) is 12.9. The molecule has 0 fully saturated rings. The van der Waals surface area contributed by atoms with Gasteiger partial charge in [0.05, 0.1) is 6.61 Å². The van der Waals surface area contributed by atoms with Crippen LogP contribution in [0, 0.1) is 0 Å². The molecule has 0 aliphatic carbocycles. The van der Waals surface area contributed by atoms with Gasteiger partial charge in [-0.1, -0.05) is 26.8 Å². The van der Waals surface area contributed by atoms with Crippen LogP contribution in [-0.2, 0) is 14.0 Å². The highest BCUT2D eigenvalue weighted by atomic mass is 28.4. The molecule has 0 aromatic heterocycles. The SMILES string of the molecule is CCOC(=O)C=CC[C@@H](C)O[Si](C)(C)C(C)(C)C. The van der Waals surface area contributed by atoms with Gasteiger partial charge in [0.2, 0.25) is 0 Å². The van der Waals surface area contributed by atoms with Crippen molar-refractivity contribution in [2.45, 2.75) is 65.3 Å². The fraction of sp³-hybridized carbons (Fsp3) is 0.786. The molecule has 0 bridgehead atoms. The number of hydrogen-bond donors (Lipinski definition) is 0. The average Bonchev–Trinajstić information content (AvgIpc) is 2.15. The Morgan fingerprint density at radius 1 is 1.33 bits per heavy atom. The summed E-state index contributed by atoms with van der Waals surface area (Å²) in [7, 11) is -1.71. The van der Waals surface area contributed by atoms with E-state index < -0.39 is 8.32 Å². The van der Waals surface area contributed by atoms with Gasteiger partial charge in [-0.3, -0.25) is 0 Å². The lowest BCUT2D eigenvalue weighted by molar-refractivity contribution is -0.137. The van der Waals surface area contributed by atoms with Crippen molar-refractivity contribution in [2.75, 3.05) is 6.61 Å². The molecule has 0 aromatic rings. The van der Waals surface area contributed by atoms with Gasteiger partial charge in [0, 0.05) is 12.2 Å². The molecular formula is C14H28O3Si. The molecule has 0 unspecified atom stereocenters. The van der Waals surface area contributed by atoms with E-state index >= 15 is 0 Å². The largest absolute Gasteiger partial charge is 0.463 e. The van der Waals surface area contributed by atoms with E-state index in [1.807, 2.05) is 6.08 Å². The van der Waals surface area contributed by atoms with Crippen LogP contribution in [0.1, 0.15) is 41.0 Å². The number of hydrogen-bond acceptors (Lipinski definition) is 3. The van der Waals surface area contributed by atoms with Gasteiger partial charge >= 0.3 is 5.97 Å². The lowest BCUT2D eigenvalue weighted by atomic mass is 10.2. The molecule has 0 N–H and O–H groups in total. The van der Waals surface area contributed by atoms with Gasteiger partial charge in [0.15, 0.2) is 8.32 Å². The third kappa shape index (κ3) is 6.35. The Morgan fingerprint density at radius 2 is 1.89 bits per heavy atom. The smallest absolute Gasteiger partial charge is 0.330 e. The molecule has 0 radical (unpaired) electrons. The Balaban J connectivity index is 4.20. The van der Waals surface area contributed by atoms with Crippen LogP contribution in [-0.4, -0.2) is 27.0 Å². The third-order valence-electron chi connectivity index (χ3n) is 3.31. The Labute approximate surface area is 113 Å². The zero-order valence-corrected chi connectivity index (χ0v) is 13.9. The molecule has 106 valence electrons. The highest BCUT2D eigenvalue weighted by Crippen LogP contribution is 2.37. The minimum absolute atomic E-state index is 0.136. The highest BCUT2D eigenvalue weighted by molar-refractivity contribution is 6.74. The normalized spacial score (nSPS) is 14.8. The number of rotatable bonds is 6. The van der Waals surface area contributed by atoms with Crippen LogP contribution in [0.5, 0.6) is 0 Å². The van der Waals surface area contributed by atoms with Crippen LogP contribution in [0.15, 0.2) is 12.2 Å². The van der Waals surface area contributed by atoms with Gasteiger partial charge in [0.25, 0.3) is 0 Å². The monoisotopic (exact) mass is 272 g/mol. The predicted octanol–water partition coefficient (Wildman–Crippen LogP) is 3.91. The Bertz CT molecular complexity index is 290. The quantitative estimate of drug-likeness (QED) is 0.418. The predicted molar refractivity (Wildman–Crippen MR) is 78.1 cm³/mol. The van der Waals surface area contributed by atoms with Gasteiger partial charge in [-0.05, 0) is 38.4 Å². The van der Waals surface area contributed by atoms with E-state index in [2.05, 4.69) is 40.8 Å². The van der Waals surface area contributed by atoms with Crippen LogP contribution in [0.2, 0.25) is 18.1 Å². The lowest BCUT2D eigenvalue weighted by Gasteiger charge is -2.38. The first-order valence-corrected chi connectivity index (χ1v) is 9.52. The Hall–Kier alpha value is -0.613. The fourth-order valence-electron chi connectivity index (χ4n) is 1.27. The summed E-state index contributed by atoms with van der Waals surface area (Å²) < 4.78 is 11.0. The number of esters is 1. The topological polar surface area (TPSA) is 35.5 Å².